The van der Waals surface area contributed by atoms with Crippen LogP contribution >= 0.6 is 11.8 Å². The maximum absolute atomic E-state index is 13.0. The Morgan fingerprint density at radius 1 is 1.23 bits per heavy atom. The number of hydrogen-bond donors (Lipinski definition) is 6. The third-order valence-electron chi connectivity index (χ3n) is 4.96. The summed E-state index contributed by atoms with van der Waals surface area (Å²) in [5.74, 6) is -1.92. The zero-order chi connectivity index (χ0) is 22.8. The van der Waals surface area contributed by atoms with Crippen molar-refractivity contribution in [1.82, 2.24) is 31.2 Å². The molecule has 1 fully saturated rings. The van der Waals surface area contributed by atoms with Crippen LogP contribution in [0, 0.1) is 0 Å². The molecule has 0 bridgehead atoms. The number of H-pyrrole nitrogens is 1. The van der Waals surface area contributed by atoms with E-state index in [9.17, 15) is 19.2 Å². The van der Waals surface area contributed by atoms with Crippen LogP contribution in [0.4, 0.5) is 0 Å². The number of carbonyl (C=O) groups is 4. The topological polar surface area (TPSA) is 165 Å². The maximum Gasteiger partial charge on any atom is 0.325 e. The van der Waals surface area contributed by atoms with Crippen molar-refractivity contribution < 1.29 is 24.3 Å². The number of rotatable bonds is 12. The molecule has 11 nitrogen and oxygen atoms in total. The summed E-state index contributed by atoms with van der Waals surface area (Å²) in [6.07, 6.45) is 6.96. The average molecular weight is 455 g/mol. The molecular formula is C19H30N6O5S. The average Bonchev–Trinajstić information content (AvgIpc) is 3.44. The fourth-order valence-corrected chi connectivity index (χ4v) is 3.63. The van der Waals surface area contributed by atoms with E-state index in [0.29, 0.717) is 24.3 Å². The van der Waals surface area contributed by atoms with Gasteiger partial charge in [0.1, 0.15) is 18.1 Å². The molecule has 0 aliphatic carbocycles. The Kier molecular flexibility index (Phi) is 9.79. The molecule has 6 N–H and O–H groups in total. The number of aliphatic carboxylic acids is 1. The highest BCUT2D eigenvalue weighted by Gasteiger charge is 2.30. The van der Waals surface area contributed by atoms with Crippen LogP contribution in [0.25, 0.3) is 0 Å². The standard InChI is InChI=1S/C19H30N6O5S/c1-11(19(29)30)23-18(28)15(8-12-9-20-10-22-12)25-17(27)14(5-7-31-2)24-16(26)13-4-3-6-21-13/h9-11,13-15,21H,3-8H2,1-2H3,(H,20,22)(H,23,28)(H,24,26)(H,25,27)(H,29,30). The van der Waals surface area contributed by atoms with Gasteiger partial charge in [-0.05, 0) is 44.7 Å². The first kappa shape index (κ1) is 24.7. The zero-order valence-electron chi connectivity index (χ0n) is 17.6. The van der Waals surface area contributed by atoms with E-state index in [-0.39, 0.29) is 18.4 Å². The molecule has 0 spiro atoms. The number of nitrogens with zero attached hydrogens (tertiary/aromatic N) is 1. The molecule has 172 valence electrons. The van der Waals surface area contributed by atoms with Crippen LogP contribution < -0.4 is 21.3 Å². The summed E-state index contributed by atoms with van der Waals surface area (Å²) in [4.78, 5) is 56.0. The minimum absolute atomic E-state index is 0.0945. The van der Waals surface area contributed by atoms with E-state index < -0.39 is 35.9 Å². The van der Waals surface area contributed by atoms with Crippen molar-refractivity contribution >= 4 is 35.5 Å². The van der Waals surface area contributed by atoms with Crippen molar-refractivity contribution in [2.75, 3.05) is 18.6 Å². The van der Waals surface area contributed by atoms with Crippen molar-refractivity contribution in [2.45, 2.75) is 56.8 Å². The number of amides is 3. The van der Waals surface area contributed by atoms with Gasteiger partial charge in [-0.1, -0.05) is 0 Å². The summed E-state index contributed by atoms with van der Waals surface area (Å²) in [6.45, 7) is 2.10. The summed E-state index contributed by atoms with van der Waals surface area (Å²) in [5, 5.41) is 20.0. The number of aromatic amines is 1. The lowest BCUT2D eigenvalue weighted by atomic mass is 10.1. The lowest BCUT2D eigenvalue weighted by molar-refractivity contribution is -0.141. The number of hydrogen-bond acceptors (Lipinski definition) is 7. The smallest absolute Gasteiger partial charge is 0.325 e. The van der Waals surface area contributed by atoms with Crippen LogP contribution in [-0.4, -0.2) is 81.5 Å². The lowest BCUT2D eigenvalue weighted by Gasteiger charge is -2.24. The lowest BCUT2D eigenvalue weighted by Crippen LogP contribution is -2.57. The molecule has 3 amide bonds. The molecular weight excluding hydrogens is 424 g/mol. The maximum atomic E-state index is 13.0. The summed E-state index contributed by atoms with van der Waals surface area (Å²) in [7, 11) is 0. The first-order chi connectivity index (χ1) is 14.8. The Morgan fingerprint density at radius 2 is 1.97 bits per heavy atom. The van der Waals surface area contributed by atoms with E-state index >= 15 is 0 Å². The second-order valence-electron chi connectivity index (χ2n) is 7.40. The number of thioether (sulfide) groups is 1. The van der Waals surface area contributed by atoms with E-state index in [1.807, 2.05) is 6.26 Å². The van der Waals surface area contributed by atoms with Gasteiger partial charge in [0.15, 0.2) is 0 Å². The molecule has 1 saturated heterocycles. The van der Waals surface area contributed by atoms with E-state index in [1.165, 1.54) is 19.4 Å². The number of carbonyl (C=O) groups excluding carboxylic acids is 3. The number of imidazole rings is 1. The van der Waals surface area contributed by atoms with Crippen molar-refractivity contribution in [2.24, 2.45) is 0 Å². The highest BCUT2D eigenvalue weighted by Crippen LogP contribution is 2.08. The molecule has 1 aromatic rings. The molecule has 1 aliphatic heterocycles. The molecule has 1 aliphatic rings. The largest absolute Gasteiger partial charge is 0.480 e. The quantitative estimate of drug-likeness (QED) is 0.234. The van der Waals surface area contributed by atoms with Crippen LogP contribution in [0.1, 0.15) is 31.9 Å². The summed E-state index contributed by atoms with van der Waals surface area (Å²) in [6, 6.07) is -3.29. The van der Waals surface area contributed by atoms with Gasteiger partial charge in [0, 0.05) is 18.3 Å². The molecule has 4 atom stereocenters. The highest BCUT2D eigenvalue weighted by molar-refractivity contribution is 7.98. The molecule has 31 heavy (non-hydrogen) atoms. The summed E-state index contributed by atoms with van der Waals surface area (Å²) < 4.78 is 0. The molecule has 2 heterocycles. The van der Waals surface area contributed by atoms with Crippen LogP contribution in [0.15, 0.2) is 12.5 Å². The third-order valence-corrected chi connectivity index (χ3v) is 5.61. The van der Waals surface area contributed by atoms with Crippen molar-refractivity contribution in [3.63, 3.8) is 0 Å². The fourth-order valence-electron chi connectivity index (χ4n) is 3.16. The molecule has 4 unspecified atom stereocenters. The highest BCUT2D eigenvalue weighted by atomic mass is 32.2. The van der Waals surface area contributed by atoms with Gasteiger partial charge in [0.25, 0.3) is 0 Å². The molecule has 1 aromatic heterocycles. The van der Waals surface area contributed by atoms with Crippen LogP contribution in [0.5, 0.6) is 0 Å². The normalized spacial score (nSPS) is 18.6. The molecule has 0 aromatic carbocycles. The summed E-state index contributed by atoms with van der Waals surface area (Å²) in [5.41, 5.74) is 0.600. The minimum atomic E-state index is -1.19. The van der Waals surface area contributed by atoms with Crippen molar-refractivity contribution in [1.29, 1.82) is 0 Å². The molecule has 0 saturated carbocycles. The van der Waals surface area contributed by atoms with E-state index in [4.69, 9.17) is 5.11 Å². The second kappa shape index (κ2) is 12.3. The van der Waals surface area contributed by atoms with Gasteiger partial charge < -0.3 is 31.4 Å². The number of carboxylic acid groups (broad SMARTS) is 1. The SMILES string of the molecule is CSCCC(NC(=O)C1CCCN1)C(=O)NC(Cc1cnc[nH]1)C(=O)NC(C)C(=O)O. The summed E-state index contributed by atoms with van der Waals surface area (Å²) >= 11 is 1.54. The van der Waals surface area contributed by atoms with Gasteiger partial charge in [-0.2, -0.15) is 11.8 Å². The molecule has 0 radical (unpaired) electrons. The zero-order valence-corrected chi connectivity index (χ0v) is 18.5. The van der Waals surface area contributed by atoms with Gasteiger partial charge in [-0.15, -0.1) is 0 Å². The first-order valence-electron chi connectivity index (χ1n) is 10.1. The van der Waals surface area contributed by atoms with Gasteiger partial charge in [-0.25, -0.2) is 4.98 Å². The van der Waals surface area contributed by atoms with E-state index in [0.717, 1.165) is 13.0 Å². The fraction of sp³-hybridized carbons (Fsp3) is 0.632. The first-order valence-corrected chi connectivity index (χ1v) is 11.5. The van der Waals surface area contributed by atoms with Crippen LogP contribution in [0.2, 0.25) is 0 Å². The minimum Gasteiger partial charge on any atom is -0.480 e. The Balaban J connectivity index is 2.09. The Hall–Kier alpha value is -2.60. The van der Waals surface area contributed by atoms with E-state index in [1.54, 1.807) is 11.8 Å². The Bertz CT molecular complexity index is 753. The number of nitrogens with one attached hydrogen (secondary N) is 5. The predicted octanol–water partition coefficient (Wildman–Crippen LogP) is -0.984. The third kappa shape index (κ3) is 7.87. The van der Waals surface area contributed by atoms with Gasteiger partial charge in [0.05, 0.1) is 12.4 Å². The number of aromatic nitrogens is 2. The second-order valence-corrected chi connectivity index (χ2v) is 8.39. The predicted molar refractivity (Wildman–Crippen MR) is 115 cm³/mol. The van der Waals surface area contributed by atoms with Crippen LogP contribution in [-0.2, 0) is 25.6 Å². The van der Waals surface area contributed by atoms with Gasteiger partial charge in [0.2, 0.25) is 17.7 Å². The molecule has 2 rings (SSSR count). The van der Waals surface area contributed by atoms with Gasteiger partial charge in [-0.3, -0.25) is 19.2 Å². The number of carboxylic acids is 1. The van der Waals surface area contributed by atoms with Crippen molar-refractivity contribution in [3.8, 4) is 0 Å². The Morgan fingerprint density at radius 3 is 2.55 bits per heavy atom. The molecule has 12 heteroatoms. The van der Waals surface area contributed by atoms with Gasteiger partial charge >= 0.3 is 5.97 Å². The van der Waals surface area contributed by atoms with Crippen molar-refractivity contribution in [3.05, 3.63) is 18.2 Å². The van der Waals surface area contributed by atoms with Crippen LogP contribution in [0.3, 0.4) is 0 Å². The Labute approximate surface area is 184 Å². The van der Waals surface area contributed by atoms with E-state index in [2.05, 4.69) is 31.2 Å². The monoisotopic (exact) mass is 454 g/mol.